The maximum absolute atomic E-state index is 6.17. The van der Waals surface area contributed by atoms with Gasteiger partial charge in [0.05, 0.1) is 0 Å². The molecule has 1 heterocycles. The van der Waals surface area contributed by atoms with Crippen LogP contribution in [-0.4, -0.2) is 12.0 Å². The molecule has 0 saturated heterocycles. The van der Waals surface area contributed by atoms with Crippen LogP contribution in [-0.2, 0) is 6.42 Å². The van der Waals surface area contributed by atoms with Crippen LogP contribution in [0.25, 0.3) is 0 Å². The van der Waals surface area contributed by atoms with Gasteiger partial charge >= 0.3 is 0 Å². The lowest BCUT2D eigenvalue weighted by molar-refractivity contribution is 0.810. The molecule has 1 aromatic rings. The molecule has 1 aliphatic rings. The minimum Gasteiger partial charge on any atom is -0.355 e. The van der Waals surface area contributed by atoms with Gasteiger partial charge in [-0.15, -0.1) is 0 Å². The van der Waals surface area contributed by atoms with E-state index in [1.165, 1.54) is 11.3 Å². The highest BCUT2D eigenvalue weighted by Crippen LogP contribution is 2.32. The molecular weight excluding hydrogens is 170 g/mol. The lowest BCUT2D eigenvalue weighted by atomic mass is 10.2. The zero-order valence-corrected chi connectivity index (χ0v) is 7.88. The Labute approximate surface area is 77.9 Å². The van der Waals surface area contributed by atoms with Crippen molar-refractivity contribution in [2.24, 2.45) is 0 Å². The number of fused-ring (bicyclic) bond motifs is 1. The number of para-hydroxylation sites is 1. The number of nitrogens with zero attached hydrogens (tertiary/aromatic N) is 1. The molecule has 0 aliphatic carbocycles. The number of likely N-dealkylation sites (N-methyl/N-ethyl adjacent to an activating group) is 1. The topological polar surface area (TPSA) is 3.24 Å². The first kappa shape index (κ1) is 7.93. The molecule has 0 amide bonds. The van der Waals surface area contributed by atoms with E-state index in [4.69, 9.17) is 11.6 Å². The molecular formula is C10H12ClN. The van der Waals surface area contributed by atoms with E-state index in [1.54, 1.807) is 0 Å². The summed E-state index contributed by atoms with van der Waals surface area (Å²) in [6.45, 7) is 3.13. The molecule has 2 rings (SSSR count). The summed E-state index contributed by atoms with van der Waals surface area (Å²) in [4.78, 5) is 2.23. The van der Waals surface area contributed by atoms with Crippen molar-refractivity contribution >= 4 is 17.3 Å². The quantitative estimate of drug-likeness (QED) is 0.476. The van der Waals surface area contributed by atoms with Gasteiger partial charge in [0, 0.05) is 18.7 Å². The Morgan fingerprint density at radius 1 is 1.50 bits per heavy atom. The maximum Gasteiger partial charge on any atom is 0.108 e. The van der Waals surface area contributed by atoms with Crippen LogP contribution < -0.4 is 4.90 Å². The lowest BCUT2D eigenvalue weighted by Gasteiger charge is -2.20. The van der Waals surface area contributed by atoms with Crippen molar-refractivity contribution < 1.29 is 0 Å². The van der Waals surface area contributed by atoms with E-state index in [0.29, 0.717) is 0 Å². The first-order valence-electron chi connectivity index (χ1n) is 4.31. The second kappa shape index (κ2) is 2.98. The van der Waals surface area contributed by atoms with Crippen molar-refractivity contribution in [3.8, 4) is 0 Å². The molecule has 12 heavy (non-hydrogen) atoms. The summed E-state index contributed by atoms with van der Waals surface area (Å²) in [5, 5.41) is 0. The summed E-state index contributed by atoms with van der Waals surface area (Å²) in [6.07, 6.45) is 0.978. The summed E-state index contributed by atoms with van der Waals surface area (Å²) < 4.78 is 0. The van der Waals surface area contributed by atoms with Gasteiger partial charge in [-0.1, -0.05) is 29.8 Å². The molecule has 0 spiro atoms. The number of hydrogen-bond donors (Lipinski definition) is 0. The predicted octanol–water partition coefficient (Wildman–Crippen LogP) is 2.63. The Balaban J connectivity index is 2.40. The summed E-state index contributed by atoms with van der Waals surface area (Å²) >= 11 is 6.17. The van der Waals surface area contributed by atoms with E-state index in [0.717, 1.165) is 13.0 Å². The van der Waals surface area contributed by atoms with Gasteiger partial charge in [0.25, 0.3) is 0 Å². The van der Waals surface area contributed by atoms with Crippen LogP contribution >= 0.6 is 11.6 Å². The average Bonchev–Trinajstić information content (AvgIpc) is 2.40. The third kappa shape index (κ3) is 1.09. The second-order valence-corrected chi connectivity index (χ2v) is 3.56. The van der Waals surface area contributed by atoms with Crippen LogP contribution in [0.3, 0.4) is 0 Å². The summed E-state index contributed by atoms with van der Waals surface area (Å²) in [5.74, 6) is 0. The fraction of sp³-hybridized carbons (Fsp3) is 0.400. The summed E-state index contributed by atoms with van der Waals surface area (Å²) in [7, 11) is 0. The normalized spacial score (nSPS) is 21.2. The molecule has 1 nitrogen and oxygen atoms in total. The van der Waals surface area contributed by atoms with Crippen LogP contribution in [0, 0.1) is 0 Å². The Hall–Kier alpha value is -0.690. The van der Waals surface area contributed by atoms with Crippen molar-refractivity contribution in [1.29, 1.82) is 0 Å². The number of hydrogen-bond acceptors (Lipinski definition) is 1. The zero-order chi connectivity index (χ0) is 8.55. The van der Waals surface area contributed by atoms with E-state index < -0.39 is 0 Å². The molecule has 0 N–H and O–H groups in total. The van der Waals surface area contributed by atoms with Gasteiger partial charge in [-0.3, -0.25) is 0 Å². The largest absolute Gasteiger partial charge is 0.355 e. The zero-order valence-electron chi connectivity index (χ0n) is 7.13. The number of anilines is 1. The van der Waals surface area contributed by atoms with Gasteiger partial charge in [0.15, 0.2) is 0 Å². The fourth-order valence-corrected chi connectivity index (χ4v) is 2.18. The number of rotatable bonds is 1. The van der Waals surface area contributed by atoms with Gasteiger partial charge in [-0.2, -0.15) is 0 Å². The highest BCUT2D eigenvalue weighted by molar-refractivity contribution is 6.22. The van der Waals surface area contributed by atoms with Crippen LogP contribution in [0.2, 0.25) is 0 Å². The monoisotopic (exact) mass is 181 g/mol. The standard InChI is InChI=1S/C10H12ClN/c1-2-12-9-6-4-3-5-8(9)7-10(12)11/h3-6,10H,2,7H2,1H3. The predicted molar refractivity (Wildman–Crippen MR) is 52.8 cm³/mol. The smallest absolute Gasteiger partial charge is 0.108 e. The Bertz CT molecular complexity index is 285. The molecule has 1 aliphatic heterocycles. The van der Waals surface area contributed by atoms with Gasteiger partial charge < -0.3 is 4.90 Å². The van der Waals surface area contributed by atoms with Gasteiger partial charge in [0.1, 0.15) is 5.50 Å². The molecule has 1 unspecified atom stereocenters. The molecule has 2 heteroatoms. The fourth-order valence-electron chi connectivity index (χ4n) is 1.77. The van der Waals surface area contributed by atoms with Crippen LogP contribution in [0.15, 0.2) is 24.3 Å². The molecule has 0 aromatic heterocycles. The van der Waals surface area contributed by atoms with Crippen molar-refractivity contribution in [2.45, 2.75) is 18.8 Å². The van der Waals surface area contributed by atoms with Crippen LogP contribution in [0.1, 0.15) is 12.5 Å². The lowest BCUT2D eigenvalue weighted by Crippen LogP contribution is -2.26. The minimum absolute atomic E-state index is 0.160. The molecule has 0 saturated carbocycles. The molecule has 1 aromatic carbocycles. The first-order chi connectivity index (χ1) is 5.83. The van der Waals surface area contributed by atoms with E-state index in [1.807, 2.05) is 0 Å². The summed E-state index contributed by atoms with van der Waals surface area (Å²) in [5.41, 5.74) is 2.84. The van der Waals surface area contributed by atoms with Crippen molar-refractivity contribution in [3.63, 3.8) is 0 Å². The number of alkyl halides is 1. The van der Waals surface area contributed by atoms with Crippen LogP contribution in [0.5, 0.6) is 0 Å². The number of benzene rings is 1. The third-order valence-electron chi connectivity index (χ3n) is 2.37. The van der Waals surface area contributed by atoms with E-state index >= 15 is 0 Å². The van der Waals surface area contributed by atoms with E-state index in [-0.39, 0.29) is 5.50 Å². The summed E-state index contributed by atoms with van der Waals surface area (Å²) in [6, 6.07) is 8.43. The molecule has 0 bridgehead atoms. The van der Waals surface area contributed by atoms with Crippen molar-refractivity contribution in [1.82, 2.24) is 0 Å². The Morgan fingerprint density at radius 3 is 3.00 bits per heavy atom. The molecule has 0 radical (unpaired) electrons. The first-order valence-corrected chi connectivity index (χ1v) is 4.75. The average molecular weight is 182 g/mol. The highest BCUT2D eigenvalue weighted by Gasteiger charge is 2.25. The maximum atomic E-state index is 6.17. The Kier molecular flexibility index (Phi) is 1.97. The van der Waals surface area contributed by atoms with Gasteiger partial charge in [0.2, 0.25) is 0 Å². The minimum atomic E-state index is 0.160. The number of halogens is 1. The van der Waals surface area contributed by atoms with Gasteiger partial charge in [-0.25, -0.2) is 0 Å². The molecule has 0 fully saturated rings. The SMILES string of the molecule is CCN1c2ccccc2CC1Cl. The molecule has 1 atom stereocenters. The van der Waals surface area contributed by atoms with Crippen LogP contribution in [0.4, 0.5) is 5.69 Å². The van der Waals surface area contributed by atoms with Gasteiger partial charge in [-0.05, 0) is 18.6 Å². The van der Waals surface area contributed by atoms with Crippen molar-refractivity contribution in [3.05, 3.63) is 29.8 Å². The third-order valence-corrected chi connectivity index (χ3v) is 2.76. The van der Waals surface area contributed by atoms with Crippen molar-refractivity contribution in [2.75, 3.05) is 11.4 Å². The second-order valence-electron chi connectivity index (χ2n) is 3.05. The Morgan fingerprint density at radius 2 is 2.25 bits per heavy atom. The molecule has 64 valence electrons. The van der Waals surface area contributed by atoms with E-state index in [2.05, 4.69) is 36.1 Å². The van der Waals surface area contributed by atoms with E-state index in [9.17, 15) is 0 Å². The highest BCUT2D eigenvalue weighted by atomic mass is 35.5.